The molecule has 154 valence electrons. The van der Waals surface area contributed by atoms with Crippen LogP contribution < -0.4 is 11.2 Å². The van der Waals surface area contributed by atoms with Crippen molar-refractivity contribution < 1.29 is 28.3 Å². The summed E-state index contributed by atoms with van der Waals surface area (Å²) in [5, 5.41) is 21.7. The number of benzene rings is 1. The number of nitrogen functional groups attached to an aromatic ring is 1. The number of rotatable bonds is 7. The third-order valence-corrected chi connectivity index (χ3v) is 3.68. The van der Waals surface area contributed by atoms with Gasteiger partial charge in [0.1, 0.15) is 11.5 Å². The second-order valence-electron chi connectivity index (χ2n) is 5.61. The molecular formula is C17H14N6O7. The molecule has 0 spiro atoms. The monoisotopic (exact) mass is 414 g/mol. The van der Waals surface area contributed by atoms with Crippen molar-refractivity contribution in [1.82, 2.24) is 15.7 Å². The van der Waals surface area contributed by atoms with E-state index in [4.69, 9.17) is 14.9 Å². The summed E-state index contributed by atoms with van der Waals surface area (Å²) in [5.41, 5.74) is 7.18. The Labute approximate surface area is 167 Å². The fourth-order valence-corrected chi connectivity index (χ4v) is 2.36. The van der Waals surface area contributed by atoms with Gasteiger partial charge in [0.25, 0.3) is 11.6 Å². The van der Waals surface area contributed by atoms with Crippen molar-refractivity contribution >= 4 is 29.6 Å². The molecule has 0 fully saturated rings. The average Bonchev–Trinajstić information content (AvgIpc) is 3.36. The molecule has 0 unspecified atom stereocenters. The van der Waals surface area contributed by atoms with E-state index in [0.29, 0.717) is 0 Å². The predicted molar refractivity (Wildman–Crippen MR) is 101 cm³/mol. The number of nitrogens with one attached hydrogen (secondary N) is 1. The van der Waals surface area contributed by atoms with Crippen molar-refractivity contribution in [1.29, 1.82) is 0 Å². The molecule has 2 aromatic heterocycles. The molecule has 0 aliphatic heterocycles. The Morgan fingerprint density at radius 1 is 1.33 bits per heavy atom. The molecular weight excluding hydrogens is 400 g/mol. The molecule has 3 N–H and O–H groups in total. The third-order valence-electron chi connectivity index (χ3n) is 3.68. The normalized spacial score (nSPS) is 10.8. The van der Waals surface area contributed by atoms with E-state index in [1.54, 1.807) is 6.92 Å². The highest BCUT2D eigenvalue weighted by Gasteiger charge is 2.21. The summed E-state index contributed by atoms with van der Waals surface area (Å²) in [4.78, 5) is 34.4. The van der Waals surface area contributed by atoms with Crippen molar-refractivity contribution in [3.05, 3.63) is 57.5 Å². The largest absolute Gasteiger partial charge is 0.462 e. The van der Waals surface area contributed by atoms with Crippen LogP contribution in [0.25, 0.3) is 11.3 Å². The molecule has 0 atom stereocenters. The number of aromatic nitrogens is 2. The molecule has 13 nitrogen and oxygen atoms in total. The number of anilines is 1. The molecule has 2 heterocycles. The topological polar surface area (TPSA) is 189 Å². The van der Waals surface area contributed by atoms with Crippen LogP contribution in [0.2, 0.25) is 0 Å². The number of nitrogens with zero attached hydrogens (tertiary/aromatic N) is 4. The van der Waals surface area contributed by atoms with Gasteiger partial charge in [-0.25, -0.2) is 14.8 Å². The number of esters is 1. The van der Waals surface area contributed by atoms with Gasteiger partial charge in [-0.05, 0) is 41.5 Å². The van der Waals surface area contributed by atoms with Crippen LogP contribution in [-0.2, 0) is 4.74 Å². The maximum atomic E-state index is 11.8. The van der Waals surface area contributed by atoms with Crippen LogP contribution in [0.4, 0.5) is 11.5 Å². The van der Waals surface area contributed by atoms with Gasteiger partial charge in [0.15, 0.2) is 0 Å². The lowest BCUT2D eigenvalue weighted by Gasteiger charge is -2.04. The summed E-state index contributed by atoms with van der Waals surface area (Å²) in [5.74, 6) is -1.25. The minimum atomic E-state index is -0.748. The average molecular weight is 414 g/mol. The molecule has 0 aliphatic carbocycles. The quantitative estimate of drug-likeness (QED) is 0.249. The summed E-state index contributed by atoms with van der Waals surface area (Å²) in [6.07, 6.45) is 1.17. The van der Waals surface area contributed by atoms with Crippen LogP contribution in [-0.4, -0.2) is 39.9 Å². The number of amides is 1. The second-order valence-corrected chi connectivity index (χ2v) is 5.61. The number of carbonyl (C=O) groups excluding carboxylic acids is 2. The van der Waals surface area contributed by atoms with Gasteiger partial charge in [-0.2, -0.15) is 5.10 Å². The highest BCUT2D eigenvalue weighted by molar-refractivity contribution is 5.96. The number of nitro groups is 1. The first-order valence-corrected chi connectivity index (χ1v) is 8.38. The summed E-state index contributed by atoms with van der Waals surface area (Å²) in [6.45, 7) is 1.78. The zero-order valence-corrected chi connectivity index (χ0v) is 15.4. The van der Waals surface area contributed by atoms with Crippen LogP contribution in [0.15, 0.2) is 44.5 Å². The molecule has 0 saturated heterocycles. The van der Waals surface area contributed by atoms with Crippen molar-refractivity contribution in [2.75, 3.05) is 12.3 Å². The molecule has 0 radical (unpaired) electrons. The van der Waals surface area contributed by atoms with Gasteiger partial charge in [-0.3, -0.25) is 14.9 Å². The van der Waals surface area contributed by atoms with Gasteiger partial charge in [0.05, 0.1) is 28.9 Å². The summed E-state index contributed by atoms with van der Waals surface area (Å²) >= 11 is 0. The number of hydrogen-bond donors (Lipinski definition) is 2. The number of ether oxygens (including phenoxy) is 1. The Morgan fingerprint density at radius 3 is 2.80 bits per heavy atom. The predicted octanol–water partition coefficient (Wildman–Crippen LogP) is 1.76. The summed E-state index contributed by atoms with van der Waals surface area (Å²) in [6, 6.07) is 6.86. The highest BCUT2D eigenvalue weighted by Crippen LogP contribution is 2.32. The molecule has 0 aliphatic rings. The summed E-state index contributed by atoms with van der Waals surface area (Å²) in [7, 11) is 0. The Morgan fingerprint density at radius 2 is 2.13 bits per heavy atom. The standard InChI is InChI=1S/C17H14N6O7/c1-2-28-17(25)9-3-5-11(12(7-9)23(26)27)13-6-4-10(29-13)8-19-20-16(24)14-15(18)22-30-21-14/h3-8H,2H2,1H3,(H2,18,22)(H,20,24)/b19-8-. The first-order valence-electron chi connectivity index (χ1n) is 8.38. The van der Waals surface area contributed by atoms with E-state index in [1.807, 2.05) is 0 Å². The first-order chi connectivity index (χ1) is 14.4. The van der Waals surface area contributed by atoms with E-state index >= 15 is 0 Å². The van der Waals surface area contributed by atoms with Crippen molar-refractivity contribution in [3.8, 4) is 11.3 Å². The number of nitrogens with two attached hydrogens (primary N) is 1. The lowest BCUT2D eigenvalue weighted by Crippen LogP contribution is -2.19. The lowest BCUT2D eigenvalue weighted by molar-refractivity contribution is -0.384. The zero-order valence-electron chi connectivity index (χ0n) is 15.4. The zero-order chi connectivity index (χ0) is 21.7. The molecule has 30 heavy (non-hydrogen) atoms. The van der Waals surface area contributed by atoms with Crippen molar-refractivity contribution in [3.63, 3.8) is 0 Å². The number of hydrazone groups is 1. The van der Waals surface area contributed by atoms with E-state index in [9.17, 15) is 19.7 Å². The summed E-state index contributed by atoms with van der Waals surface area (Å²) < 4.78 is 14.7. The van der Waals surface area contributed by atoms with Crippen molar-refractivity contribution in [2.24, 2.45) is 5.10 Å². The van der Waals surface area contributed by atoms with Gasteiger partial charge >= 0.3 is 5.97 Å². The number of nitro benzene ring substituents is 1. The first kappa shape index (κ1) is 20.2. The lowest BCUT2D eigenvalue weighted by atomic mass is 10.1. The van der Waals surface area contributed by atoms with E-state index in [2.05, 4.69) is 25.5 Å². The number of furan rings is 1. The van der Waals surface area contributed by atoms with Gasteiger partial charge in [0.2, 0.25) is 11.5 Å². The Kier molecular flexibility index (Phi) is 5.81. The molecule has 0 bridgehead atoms. The molecule has 3 rings (SSSR count). The SMILES string of the molecule is CCOC(=O)c1ccc(-c2ccc(/C=N\NC(=O)c3nonc3N)o2)c([N+](=O)[O-])c1. The minimum Gasteiger partial charge on any atom is -0.462 e. The van der Waals surface area contributed by atoms with Gasteiger partial charge in [-0.1, -0.05) is 0 Å². The van der Waals surface area contributed by atoms with Crippen LogP contribution in [0.1, 0.15) is 33.5 Å². The van der Waals surface area contributed by atoms with Gasteiger partial charge < -0.3 is 14.9 Å². The van der Waals surface area contributed by atoms with E-state index in [0.717, 1.165) is 6.07 Å². The Balaban J connectivity index is 1.78. The van der Waals surface area contributed by atoms with Crippen LogP contribution in [0.5, 0.6) is 0 Å². The number of carbonyl (C=O) groups is 2. The van der Waals surface area contributed by atoms with Gasteiger partial charge in [0, 0.05) is 6.07 Å². The molecule has 0 saturated carbocycles. The van der Waals surface area contributed by atoms with E-state index in [-0.39, 0.29) is 46.5 Å². The van der Waals surface area contributed by atoms with Crippen LogP contribution in [0.3, 0.4) is 0 Å². The molecule has 1 amide bonds. The van der Waals surface area contributed by atoms with E-state index in [1.165, 1.54) is 30.5 Å². The maximum absolute atomic E-state index is 11.8. The maximum Gasteiger partial charge on any atom is 0.338 e. The number of hydrogen-bond acceptors (Lipinski definition) is 11. The Hall–Kier alpha value is -4.55. The fourth-order valence-electron chi connectivity index (χ4n) is 2.36. The van der Waals surface area contributed by atoms with E-state index < -0.39 is 16.8 Å². The van der Waals surface area contributed by atoms with Crippen LogP contribution >= 0.6 is 0 Å². The van der Waals surface area contributed by atoms with Gasteiger partial charge in [-0.15, -0.1) is 0 Å². The highest BCUT2D eigenvalue weighted by atomic mass is 16.6. The molecule has 1 aromatic carbocycles. The van der Waals surface area contributed by atoms with Crippen LogP contribution in [0, 0.1) is 10.1 Å². The smallest absolute Gasteiger partial charge is 0.338 e. The fraction of sp³-hybridized carbons (Fsp3) is 0.118. The third kappa shape index (κ3) is 4.30. The molecule has 3 aromatic rings. The van der Waals surface area contributed by atoms with Crippen molar-refractivity contribution in [2.45, 2.75) is 6.92 Å². The second kappa shape index (κ2) is 8.64. The minimum absolute atomic E-state index is 0.0463. The Bertz CT molecular complexity index is 1130. The molecule has 13 heteroatoms.